The van der Waals surface area contributed by atoms with E-state index in [0.717, 1.165) is 18.6 Å². The Bertz CT molecular complexity index is 630. The van der Waals surface area contributed by atoms with E-state index in [4.69, 9.17) is 14.5 Å². The normalized spacial score (nSPS) is 17.1. The third-order valence-electron chi connectivity index (χ3n) is 3.41. The Hall–Kier alpha value is -2.35. The van der Waals surface area contributed by atoms with Crippen LogP contribution in [0.5, 0.6) is 5.75 Å². The molecule has 0 amide bonds. The lowest BCUT2D eigenvalue weighted by Crippen LogP contribution is -2.20. The van der Waals surface area contributed by atoms with Crippen molar-refractivity contribution in [1.29, 1.82) is 5.26 Å². The van der Waals surface area contributed by atoms with E-state index in [0.29, 0.717) is 31.2 Å². The zero-order valence-electron chi connectivity index (χ0n) is 11.1. The molecule has 1 aromatic heterocycles. The van der Waals surface area contributed by atoms with Crippen molar-refractivity contribution in [1.82, 2.24) is 10.1 Å². The Morgan fingerprint density at radius 1 is 1.35 bits per heavy atom. The first-order valence-corrected chi connectivity index (χ1v) is 6.77. The highest BCUT2D eigenvalue weighted by atomic mass is 16.5. The Morgan fingerprint density at radius 3 is 3.15 bits per heavy atom. The summed E-state index contributed by atoms with van der Waals surface area (Å²) in [6.07, 6.45) is 2.79. The van der Waals surface area contributed by atoms with Crippen LogP contribution < -0.4 is 4.74 Å². The van der Waals surface area contributed by atoms with Crippen LogP contribution in [0, 0.1) is 11.3 Å². The summed E-state index contributed by atoms with van der Waals surface area (Å²) >= 11 is 0. The maximum absolute atomic E-state index is 8.51. The van der Waals surface area contributed by atoms with Crippen molar-refractivity contribution < 1.29 is 9.26 Å². The van der Waals surface area contributed by atoms with Crippen LogP contribution in [0.15, 0.2) is 28.8 Å². The molecule has 3 rings (SSSR count). The summed E-state index contributed by atoms with van der Waals surface area (Å²) in [7, 11) is 0. The van der Waals surface area contributed by atoms with Crippen molar-refractivity contribution >= 4 is 0 Å². The van der Waals surface area contributed by atoms with Crippen molar-refractivity contribution in [2.24, 2.45) is 0 Å². The van der Waals surface area contributed by atoms with Gasteiger partial charge >= 0.3 is 0 Å². The summed E-state index contributed by atoms with van der Waals surface area (Å²) < 4.78 is 11.0. The molecule has 102 valence electrons. The number of aromatic nitrogens is 2. The van der Waals surface area contributed by atoms with Crippen LogP contribution in [0.1, 0.15) is 36.0 Å². The second-order valence-corrected chi connectivity index (χ2v) is 4.88. The topological polar surface area (TPSA) is 71.9 Å². The third kappa shape index (κ3) is 2.64. The fraction of sp³-hybridized carbons (Fsp3) is 0.400. The molecule has 1 unspecified atom stereocenters. The maximum atomic E-state index is 8.51. The molecular weight excluding hydrogens is 254 g/mol. The molecule has 1 aromatic carbocycles. The molecule has 0 saturated heterocycles. The fourth-order valence-corrected chi connectivity index (χ4v) is 2.35. The van der Waals surface area contributed by atoms with Gasteiger partial charge in [-0.15, -0.1) is 0 Å². The molecule has 0 spiro atoms. The van der Waals surface area contributed by atoms with Gasteiger partial charge in [-0.25, -0.2) is 0 Å². The molecule has 5 heteroatoms. The minimum absolute atomic E-state index is 0.137. The molecule has 1 atom stereocenters. The Kier molecular flexibility index (Phi) is 3.64. The molecular formula is C15H15N3O2. The summed E-state index contributed by atoms with van der Waals surface area (Å²) in [4.78, 5) is 4.41. The number of aryl methyl sites for hydroxylation is 1. The molecule has 2 heterocycles. The minimum Gasteiger partial charge on any atom is -0.493 e. The van der Waals surface area contributed by atoms with E-state index in [-0.39, 0.29) is 5.92 Å². The number of rotatable bonds is 4. The van der Waals surface area contributed by atoms with Gasteiger partial charge in [0.25, 0.3) is 0 Å². The van der Waals surface area contributed by atoms with Gasteiger partial charge in [-0.1, -0.05) is 23.4 Å². The predicted octanol–water partition coefficient (Wildman–Crippen LogP) is 2.63. The number of hydrogen-bond acceptors (Lipinski definition) is 5. The minimum atomic E-state index is 0.137. The molecule has 1 aliphatic rings. The molecule has 0 aliphatic carbocycles. The highest BCUT2D eigenvalue weighted by Gasteiger charge is 2.25. The van der Waals surface area contributed by atoms with E-state index in [2.05, 4.69) is 22.3 Å². The zero-order valence-corrected chi connectivity index (χ0v) is 11.1. The number of para-hydroxylation sites is 1. The van der Waals surface area contributed by atoms with Crippen LogP contribution in [-0.2, 0) is 12.8 Å². The SMILES string of the molecule is N#CCCCc1nc(C2COc3ccccc3C2)no1. The number of nitriles is 1. The average molecular weight is 269 g/mol. The zero-order chi connectivity index (χ0) is 13.8. The first-order chi connectivity index (χ1) is 9.86. The van der Waals surface area contributed by atoms with Crippen LogP contribution in [0.4, 0.5) is 0 Å². The van der Waals surface area contributed by atoms with Crippen LogP contribution in [0.2, 0.25) is 0 Å². The summed E-state index contributed by atoms with van der Waals surface area (Å²) in [5, 5.41) is 12.6. The summed E-state index contributed by atoms with van der Waals surface area (Å²) in [5.74, 6) is 2.39. The first-order valence-electron chi connectivity index (χ1n) is 6.77. The fourth-order valence-electron chi connectivity index (χ4n) is 2.35. The van der Waals surface area contributed by atoms with E-state index in [1.165, 1.54) is 5.56 Å². The van der Waals surface area contributed by atoms with Crippen LogP contribution >= 0.6 is 0 Å². The van der Waals surface area contributed by atoms with Gasteiger partial charge in [-0.05, 0) is 24.5 Å². The lowest BCUT2D eigenvalue weighted by molar-refractivity contribution is 0.253. The monoisotopic (exact) mass is 269 g/mol. The quantitative estimate of drug-likeness (QED) is 0.798. The summed E-state index contributed by atoms with van der Waals surface area (Å²) in [5.41, 5.74) is 1.18. The molecule has 0 fully saturated rings. The van der Waals surface area contributed by atoms with Gasteiger partial charge in [0.05, 0.1) is 18.6 Å². The lowest BCUT2D eigenvalue weighted by Gasteiger charge is -2.22. The van der Waals surface area contributed by atoms with E-state index < -0.39 is 0 Å². The number of nitrogens with zero attached hydrogens (tertiary/aromatic N) is 3. The van der Waals surface area contributed by atoms with Gasteiger partial charge in [0.15, 0.2) is 5.82 Å². The van der Waals surface area contributed by atoms with Gasteiger partial charge in [-0.3, -0.25) is 0 Å². The summed E-state index contributed by atoms with van der Waals surface area (Å²) in [6.45, 7) is 0.578. The second kappa shape index (κ2) is 5.74. The second-order valence-electron chi connectivity index (χ2n) is 4.88. The standard InChI is InChI=1S/C15H15N3O2/c16-8-4-3-7-14-17-15(18-20-14)12-9-11-5-1-2-6-13(11)19-10-12/h1-2,5-6,12H,3-4,7,9-10H2. The highest BCUT2D eigenvalue weighted by molar-refractivity contribution is 5.36. The Labute approximate surface area is 117 Å². The van der Waals surface area contributed by atoms with Crippen molar-refractivity contribution in [3.8, 4) is 11.8 Å². The van der Waals surface area contributed by atoms with Crippen LogP contribution in [0.3, 0.4) is 0 Å². The number of ether oxygens (including phenoxy) is 1. The predicted molar refractivity (Wildman–Crippen MR) is 71.2 cm³/mol. The largest absolute Gasteiger partial charge is 0.493 e. The average Bonchev–Trinajstić information content (AvgIpc) is 2.96. The molecule has 0 N–H and O–H groups in total. The van der Waals surface area contributed by atoms with Gasteiger partial charge in [0.1, 0.15) is 5.75 Å². The van der Waals surface area contributed by atoms with Gasteiger partial charge in [0.2, 0.25) is 5.89 Å². The van der Waals surface area contributed by atoms with Crippen molar-refractivity contribution in [2.45, 2.75) is 31.6 Å². The van der Waals surface area contributed by atoms with Crippen molar-refractivity contribution in [3.63, 3.8) is 0 Å². The Balaban J connectivity index is 1.67. The molecule has 0 radical (unpaired) electrons. The van der Waals surface area contributed by atoms with Gasteiger partial charge < -0.3 is 9.26 Å². The van der Waals surface area contributed by atoms with Crippen molar-refractivity contribution in [3.05, 3.63) is 41.5 Å². The molecule has 1 aliphatic heterocycles. The van der Waals surface area contributed by atoms with E-state index >= 15 is 0 Å². The number of hydrogen-bond donors (Lipinski definition) is 0. The van der Waals surface area contributed by atoms with Gasteiger partial charge in [0, 0.05) is 12.8 Å². The molecule has 0 bridgehead atoms. The van der Waals surface area contributed by atoms with E-state index in [9.17, 15) is 0 Å². The highest BCUT2D eigenvalue weighted by Crippen LogP contribution is 2.30. The van der Waals surface area contributed by atoms with E-state index in [1.807, 2.05) is 18.2 Å². The lowest BCUT2D eigenvalue weighted by atomic mass is 9.96. The van der Waals surface area contributed by atoms with Crippen LogP contribution in [-0.4, -0.2) is 16.7 Å². The number of benzene rings is 1. The van der Waals surface area contributed by atoms with Crippen LogP contribution in [0.25, 0.3) is 0 Å². The Morgan fingerprint density at radius 2 is 2.25 bits per heavy atom. The van der Waals surface area contributed by atoms with E-state index in [1.54, 1.807) is 0 Å². The third-order valence-corrected chi connectivity index (χ3v) is 3.41. The number of fused-ring (bicyclic) bond motifs is 1. The smallest absolute Gasteiger partial charge is 0.226 e. The molecule has 2 aromatic rings. The van der Waals surface area contributed by atoms with Crippen molar-refractivity contribution in [2.75, 3.05) is 6.61 Å². The first kappa shape index (κ1) is 12.7. The number of unbranched alkanes of at least 4 members (excludes halogenated alkanes) is 1. The maximum Gasteiger partial charge on any atom is 0.226 e. The summed E-state index contributed by atoms with van der Waals surface area (Å²) in [6, 6.07) is 10.1. The molecule has 0 saturated carbocycles. The molecule has 5 nitrogen and oxygen atoms in total. The molecule has 20 heavy (non-hydrogen) atoms. The van der Waals surface area contributed by atoms with Gasteiger partial charge in [-0.2, -0.15) is 10.2 Å².